The Morgan fingerprint density at radius 1 is 1.33 bits per heavy atom. The Bertz CT molecular complexity index is 430. The summed E-state index contributed by atoms with van der Waals surface area (Å²) in [5.74, 6) is -2.20. The summed E-state index contributed by atoms with van der Waals surface area (Å²) in [4.78, 5) is 11.7. The molecule has 0 aromatic heterocycles. The van der Waals surface area contributed by atoms with Crippen LogP contribution in [0.25, 0.3) is 0 Å². The maximum Gasteiger partial charge on any atom is 0.310 e. The van der Waals surface area contributed by atoms with Crippen LogP contribution in [0.4, 0.5) is 8.78 Å². The zero-order valence-electron chi connectivity index (χ0n) is 10.1. The Morgan fingerprint density at radius 3 is 2.61 bits per heavy atom. The predicted octanol–water partition coefficient (Wildman–Crippen LogP) is 1.83. The molecule has 1 heterocycles. The summed E-state index contributed by atoms with van der Waals surface area (Å²) in [6.07, 6.45) is 0. The third kappa shape index (κ3) is 2.67. The lowest BCUT2D eigenvalue weighted by molar-refractivity contribution is -0.147. The molecule has 2 atom stereocenters. The van der Waals surface area contributed by atoms with Crippen LogP contribution in [0, 0.1) is 17.6 Å². The molecule has 18 heavy (non-hydrogen) atoms. The zero-order valence-corrected chi connectivity index (χ0v) is 10.1. The highest BCUT2D eigenvalue weighted by Crippen LogP contribution is 2.30. The molecule has 5 heteroatoms. The van der Waals surface area contributed by atoms with Crippen molar-refractivity contribution >= 4 is 5.97 Å². The number of nitrogens with one attached hydrogen (secondary N) is 1. The lowest BCUT2D eigenvalue weighted by atomic mass is 9.89. The summed E-state index contributed by atoms with van der Waals surface area (Å²) in [7, 11) is 0. The Morgan fingerprint density at radius 2 is 2.00 bits per heavy atom. The van der Waals surface area contributed by atoms with Gasteiger partial charge in [0.25, 0.3) is 0 Å². The van der Waals surface area contributed by atoms with Crippen molar-refractivity contribution in [3.63, 3.8) is 0 Å². The fraction of sp³-hybridized carbons (Fsp3) is 0.462. The van der Waals surface area contributed by atoms with E-state index in [1.165, 1.54) is 12.1 Å². The summed E-state index contributed by atoms with van der Waals surface area (Å²) in [5.41, 5.74) is 0.496. The van der Waals surface area contributed by atoms with Crippen molar-refractivity contribution in [2.45, 2.75) is 12.8 Å². The topological polar surface area (TPSA) is 38.3 Å². The van der Waals surface area contributed by atoms with Crippen LogP contribution in [0.15, 0.2) is 18.2 Å². The zero-order chi connectivity index (χ0) is 13.1. The van der Waals surface area contributed by atoms with E-state index in [1.54, 1.807) is 6.92 Å². The molecule has 0 amide bonds. The summed E-state index contributed by atoms with van der Waals surface area (Å²) in [6, 6.07) is 3.37. The molecule has 3 nitrogen and oxygen atoms in total. The molecule has 1 fully saturated rings. The predicted molar refractivity (Wildman–Crippen MR) is 62.1 cm³/mol. The first-order valence-corrected chi connectivity index (χ1v) is 5.95. The highest BCUT2D eigenvalue weighted by molar-refractivity contribution is 5.74. The van der Waals surface area contributed by atoms with Crippen molar-refractivity contribution in [3.05, 3.63) is 35.4 Å². The maximum atomic E-state index is 13.2. The number of carbonyl (C=O) groups is 1. The van der Waals surface area contributed by atoms with Crippen LogP contribution in [-0.2, 0) is 9.53 Å². The van der Waals surface area contributed by atoms with Crippen LogP contribution in [0.5, 0.6) is 0 Å². The van der Waals surface area contributed by atoms with Crippen LogP contribution in [0.3, 0.4) is 0 Å². The molecule has 0 radical (unpaired) electrons. The highest BCUT2D eigenvalue weighted by Gasteiger charge is 2.35. The van der Waals surface area contributed by atoms with Gasteiger partial charge in [-0.2, -0.15) is 0 Å². The van der Waals surface area contributed by atoms with E-state index in [-0.39, 0.29) is 17.8 Å². The van der Waals surface area contributed by atoms with Gasteiger partial charge in [0.1, 0.15) is 11.6 Å². The maximum absolute atomic E-state index is 13.2. The standard InChI is InChI=1S/C13H15F2NO2/c1-2-18-13(17)12-7-16-6-11(12)8-3-9(14)5-10(15)4-8/h3-5,11-12,16H,2,6-7H2,1H3. The fourth-order valence-corrected chi connectivity index (χ4v) is 2.32. The Hall–Kier alpha value is -1.49. The van der Waals surface area contributed by atoms with Gasteiger partial charge in [-0.25, -0.2) is 8.78 Å². The minimum Gasteiger partial charge on any atom is -0.466 e. The summed E-state index contributed by atoms with van der Waals surface area (Å²) in [6.45, 7) is 3.03. The largest absolute Gasteiger partial charge is 0.466 e. The van der Waals surface area contributed by atoms with Gasteiger partial charge >= 0.3 is 5.97 Å². The number of benzene rings is 1. The number of rotatable bonds is 3. The van der Waals surface area contributed by atoms with Gasteiger partial charge in [-0.15, -0.1) is 0 Å². The summed E-state index contributed by atoms with van der Waals surface area (Å²) >= 11 is 0. The Balaban J connectivity index is 2.23. The molecule has 0 aliphatic carbocycles. The molecule has 1 saturated heterocycles. The van der Waals surface area contributed by atoms with E-state index in [0.717, 1.165) is 6.07 Å². The molecule has 1 aliphatic rings. The molecular formula is C13H15F2NO2. The first-order valence-electron chi connectivity index (χ1n) is 5.95. The highest BCUT2D eigenvalue weighted by atomic mass is 19.1. The smallest absolute Gasteiger partial charge is 0.310 e. The van der Waals surface area contributed by atoms with Crippen molar-refractivity contribution in [1.82, 2.24) is 5.32 Å². The monoisotopic (exact) mass is 255 g/mol. The number of carbonyl (C=O) groups excluding carboxylic acids is 1. The lowest BCUT2D eigenvalue weighted by Crippen LogP contribution is -2.24. The van der Waals surface area contributed by atoms with Crippen LogP contribution < -0.4 is 5.32 Å². The second kappa shape index (κ2) is 5.44. The van der Waals surface area contributed by atoms with E-state index in [2.05, 4.69) is 5.32 Å². The molecule has 2 rings (SSSR count). The average molecular weight is 255 g/mol. The van der Waals surface area contributed by atoms with Gasteiger partial charge in [-0.3, -0.25) is 4.79 Å². The van der Waals surface area contributed by atoms with Crippen molar-refractivity contribution in [2.75, 3.05) is 19.7 Å². The second-order valence-corrected chi connectivity index (χ2v) is 4.33. The molecule has 0 spiro atoms. The van der Waals surface area contributed by atoms with E-state index in [0.29, 0.717) is 25.3 Å². The van der Waals surface area contributed by atoms with Gasteiger partial charge in [0.05, 0.1) is 12.5 Å². The number of hydrogen-bond donors (Lipinski definition) is 1. The summed E-state index contributed by atoms with van der Waals surface area (Å²) in [5, 5.41) is 3.05. The third-order valence-corrected chi connectivity index (χ3v) is 3.12. The summed E-state index contributed by atoms with van der Waals surface area (Å²) < 4.78 is 31.3. The molecule has 0 saturated carbocycles. The average Bonchev–Trinajstić information content (AvgIpc) is 2.76. The van der Waals surface area contributed by atoms with Gasteiger partial charge in [0, 0.05) is 25.1 Å². The molecule has 98 valence electrons. The lowest BCUT2D eigenvalue weighted by Gasteiger charge is -2.17. The van der Waals surface area contributed by atoms with Crippen LogP contribution in [0.1, 0.15) is 18.4 Å². The molecular weight excluding hydrogens is 240 g/mol. The van der Waals surface area contributed by atoms with Crippen molar-refractivity contribution < 1.29 is 18.3 Å². The van der Waals surface area contributed by atoms with E-state index < -0.39 is 11.6 Å². The molecule has 1 aliphatic heterocycles. The van der Waals surface area contributed by atoms with E-state index in [9.17, 15) is 13.6 Å². The van der Waals surface area contributed by atoms with Gasteiger partial charge in [0.2, 0.25) is 0 Å². The van der Waals surface area contributed by atoms with E-state index >= 15 is 0 Å². The molecule has 0 bridgehead atoms. The van der Waals surface area contributed by atoms with Crippen LogP contribution >= 0.6 is 0 Å². The van der Waals surface area contributed by atoms with Crippen LogP contribution in [0.2, 0.25) is 0 Å². The second-order valence-electron chi connectivity index (χ2n) is 4.33. The number of halogens is 2. The van der Waals surface area contributed by atoms with Gasteiger partial charge in [-0.05, 0) is 24.6 Å². The molecule has 2 unspecified atom stereocenters. The minimum atomic E-state index is -0.625. The quantitative estimate of drug-likeness (QED) is 0.837. The third-order valence-electron chi connectivity index (χ3n) is 3.12. The van der Waals surface area contributed by atoms with Crippen molar-refractivity contribution in [2.24, 2.45) is 5.92 Å². The SMILES string of the molecule is CCOC(=O)C1CNCC1c1cc(F)cc(F)c1. The number of ether oxygens (including phenoxy) is 1. The minimum absolute atomic E-state index is 0.241. The van der Waals surface area contributed by atoms with Crippen LogP contribution in [-0.4, -0.2) is 25.7 Å². The molecule has 1 aromatic rings. The van der Waals surface area contributed by atoms with Crippen molar-refractivity contribution in [3.8, 4) is 0 Å². The number of esters is 1. The molecule has 1 aromatic carbocycles. The van der Waals surface area contributed by atoms with Gasteiger partial charge in [0.15, 0.2) is 0 Å². The fourth-order valence-electron chi connectivity index (χ4n) is 2.32. The first kappa shape index (κ1) is 13.0. The first-order chi connectivity index (χ1) is 8.61. The van der Waals surface area contributed by atoms with E-state index in [1.807, 2.05) is 0 Å². The Labute approximate surface area is 104 Å². The number of hydrogen-bond acceptors (Lipinski definition) is 3. The Kier molecular flexibility index (Phi) is 3.91. The van der Waals surface area contributed by atoms with Crippen molar-refractivity contribution in [1.29, 1.82) is 0 Å². The van der Waals surface area contributed by atoms with Gasteiger partial charge < -0.3 is 10.1 Å². The normalized spacial score (nSPS) is 23.1. The van der Waals surface area contributed by atoms with Gasteiger partial charge in [-0.1, -0.05) is 0 Å². The van der Waals surface area contributed by atoms with E-state index in [4.69, 9.17) is 4.74 Å². The molecule has 1 N–H and O–H groups in total.